The number of hydrogen-bond acceptors (Lipinski definition) is 4. The number of hydrogen-bond donors (Lipinski definition) is 2. The van der Waals surface area contributed by atoms with Gasteiger partial charge in [-0.1, -0.05) is 0 Å². The fraction of sp³-hybridized carbons (Fsp3) is 0.273. The largest absolute Gasteiger partial charge is 0.490 e. The molecule has 0 aromatic heterocycles. The van der Waals surface area contributed by atoms with E-state index in [-0.39, 0.29) is 5.11 Å². The highest BCUT2D eigenvalue weighted by molar-refractivity contribution is 7.80. The van der Waals surface area contributed by atoms with Crippen LogP contribution in [0.3, 0.4) is 0 Å². The van der Waals surface area contributed by atoms with Crippen LogP contribution >= 0.6 is 12.2 Å². The van der Waals surface area contributed by atoms with Crippen molar-refractivity contribution >= 4 is 23.5 Å². The third-order valence-corrected chi connectivity index (χ3v) is 2.25. The highest BCUT2D eigenvalue weighted by Gasteiger charge is 2.09. The van der Waals surface area contributed by atoms with Gasteiger partial charge in [-0.3, -0.25) is 5.43 Å². The Labute approximate surface area is 105 Å². The molecule has 0 saturated heterocycles. The molecule has 90 valence electrons. The predicted molar refractivity (Wildman–Crippen MR) is 69.6 cm³/mol. The Balaban J connectivity index is 2.12. The number of benzene rings is 1. The maximum absolute atomic E-state index is 5.56. The molecule has 2 rings (SSSR count). The molecule has 0 aliphatic carbocycles. The summed E-state index contributed by atoms with van der Waals surface area (Å²) in [5, 5.41) is 4.01. The Hall–Kier alpha value is -1.82. The Kier molecular flexibility index (Phi) is 3.77. The summed E-state index contributed by atoms with van der Waals surface area (Å²) in [7, 11) is 0. The minimum absolute atomic E-state index is 0.135. The lowest BCUT2D eigenvalue weighted by molar-refractivity contribution is 0.297. The van der Waals surface area contributed by atoms with E-state index < -0.39 is 0 Å². The number of nitrogens with zero attached hydrogens (tertiary/aromatic N) is 1. The molecule has 0 spiro atoms. The van der Waals surface area contributed by atoms with Crippen LogP contribution in [0.2, 0.25) is 0 Å². The molecule has 0 bridgehead atoms. The molecule has 0 radical (unpaired) electrons. The summed E-state index contributed by atoms with van der Waals surface area (Å²) in [4.78, 5) is 0. The quantitative estimate of drug-likeness (QED) is 0.466. The van der Waals surface area contributed by atoms with E-state index in [0.717, 1.165) is 23.5 Å². The molecule has 0 unspecified atom stereocenters. The smallest absolute Gasteiger partial charge is 0.184 e. The van der Waals surface area contributed by atoms with Gasteiger partial charge in [0, 0.05) is 6.42 Å². The summed E-state index contributed by atoms with van der Waals surface area (Å²) in [5.41, 5.74) is 8.63. The molecule has 1 heterocycles. The number of hydrazone groups is 1. The van der Waals surface area contributed by atoms with Crippen LogP contribution in [-0.2, 0) is 0 Å². The lowest BCUT2D eigenvalue weighted by Gasteiger charge is -2.07. The Morgan fingerprint density at radius 3 is 2.88 bits per heavy atom. The number of ether oxygens (including phenoxy) is 2. The summed E-state index contributed by atoms with van der Waals surface area (Å²) in [6, 6.07) is 5.62. The minimum atomic E-state index is 0.135. The predicted octanol–water partition coefficient (Wildman–Crippen LogP) is 1.02. The number of rotatable bonds is 2. The van der Waals surface area contributed by atoms with Crippen molar-refractivity contribution in [2.24, 2.45) is 10.8 Å². The zero-order valence-corrected chi connectivity index (χ0v) is 10.00. The number of nitrogens with one attached hydrogen (secondary N) is 1. The van der Waals surface area contributed by atoms with E-state index in [9.17, 15) is 0 Å². The van der Waals surface area contributed by atoms with E-state index in [1.165, 1.54) is 0 Å². The van der Waals surface area contributed by atoms with Gasteiger partial charge in [-0.2, -0.15) is 5.10 Å². The molecule has 0 saturated carbocycles. The van der Waals surface area contributed by atoms with Crippen molar-refractivity contribution in [2.45, 2.75) is 6.42 Å². The van der Waals surface area contributed by atoms with E-state index >= 15 is 0 Å². The lowest BCUT2D eigenvalue weighted by atomic mass is 10.2. The van der Waals surface area contributed by atoms with Crippen LogP contribution < -0.4 is 20.6 Å². The van der Waals surface area contributed by atoms with Gasteiger partial charge in [0.15, 0.2) is 16.6 Å². The zero-order chi connectivity index (χ0) is 12.1. The first-order chi connectivity index (χ1) is 8.25. The van der Waals surface area contributed by atoms with E-state index in [1.54, 1.807) is 6.21 Å². The van der Waals surface area contributed by atoms with Gasteiger partial charge in [-0.05, 0) is 36.0 Å². The number of fused-ring (bicyclic) bond motifs is 1. The summed E-state index contributed by atoms with van der Waals surface area (Å²) in [6.07, 6.45) is 2.51. The average molecular weight is 251 g/mol. The monoisotopic (exact) mass is 251 g/mol. The molecule has 0 amide bonds. The van der Waals surface area contributed by atoms with Gasteiger partial charge in [0.05, 0.1) is 19.4 Å². The molecule has 1 aliphatic rings. The van der Waals surface area contributed by atoms with Gasteiger partial charge >= 0.3 is 0 Å². The van der Waals surface area contributed by atoms with Gasteiger partial charge in [-0.25, -0.2) is 0 Å². The summed E-state index contributed by atoms with van der Waals surface area (Å²) >= 11 is 4.63. The van der Waals surface area contributed by atoms with Gasteiger partial charge in [0.2, 0.25) is 0 Å². The Bertz CT molecular complexity index is 448. The van der Waals surface area contributed by atoms with Crippen molar-refractivity contribution in [3.8, 4) is 11.5 Å². The van der Waals surface area contributed by atoms with Gasteiger partial charge < -0.3 is 15.2 Å². The molecule has 1 aromatic carbocycles. The molecule has 0 atom stereocenters. The second kappa shape index (κ2) is 5.49. The molecule has 3 N–H and O–H groups in total. The highest BCUT2D eigenvalue weighted by atomic mass is 32.1. The van der Waals surface area contributed by atoms with Crippen LogP contribution in [0.4, 0.5) is 0 Å². The van der Waals surface area contributed by atoms with Crippen LogP contribution in [0.5, 0.6) is 11.5 Å². The molecule has 1 aromatic rings. The van der Waals surface area contributed by atoms with Gasteiger partial charge in [0.25, 0.3) is 0 Å². The Morgan fingerprint density at radius 2 is 2.12 bits per heavy atom. The van der Waals surface area contributed by atoms with Crippen LogP contribution in [0.15, 0.2) is 23.3 Å². The van der Waals surface area contributed by atoms with Gasteiger partial charge in [-0.15, -0.1) is 0 Å². The first-order valence-electron chi connectivity index (χ1n) is 5.24. The third-order valence-electron chi connectivity index (χ3n) is 2.16. The maximum atomic E-state index is 5.56. The highest BCUT2D eigenvalue weighted by Crippen LogP contribution is 2.29. The first kappa shape index (κ1) is 11.7. The minimum Gasteiger partial charge on any atom is -0.490 e. The molecule has 6 heteroatoms. The fourth-order valence-electron chi connectivity index (χ4n) is 1.43. The van der Waals surface area contributed by atoms with Crippen LogP contribution in [-0.4, -0.2) is 24.5 Å². The maximum Gasteiger partial charge on any atom is 0.184 e. The first-order valence-corrected chi connectivity index (χ1v) is 5.65. The second-order valence-electron chi connectivity index (χ2n) is 3.49. The molecule has 17 heavy (non-hydrogen) atoms. The fourth-order valence-corrected chi connectivity index (χ4v) is 1.48. The van der Waals surface area contributed by atoms with E-state index in [0.29, 0.717) is 13.2 Å². The van der Waals surface area contributed by atoms with E-state index in [1.807, 2.05) is 18.2 Å². The molecule has 5 nitrogen and oxygen atoms in total. The van der Waals surface area contributed by atoms with Crippen LogP contribution in [0, 0.1) is 0 Å². The number of thiocarbonyl (C=S) groups is 1. The standard InChI is InChI=1S/C11H13N3O2S/c12-11(17)14-13-7-8-2-3-9-10(6-8)16-5-1-4-15-9/h2-3,6-7H,1,4-5H2,(H3,12,14,17). The SMILES string of the molecule is NC(=S)NN=Cc1ccc2c(c1)OCCCO2. The molecular weight excluding hydrogens is 238 g/mol. The van der Waals surface area contributed by atoms with E-state index in [2.05, 4.69) is 22.7 Å². The molecule has 0 fully saturated rings. The third kappa shape index (κ3) is 3.32. The average Bonchev–Trinajstić information content (AvgIpc) is 2.53. The summed E-state index contributed by atoms with van der Waals surface area (Å²) in [5.74, 6) is 1.50. The normalized spacial score (nSPS) is 14.4. The van der Waals surface area contributed by atoms with Crippen molar-refractivity contribution in [3.05, 3.63) is 23.8 Å². The Morgan fingerprint density at radius 1 is 1.35 bits per heavy atom. The zero-order valence-electron chi connectivity index (χ0n) is 9.18. The van der Waals surface area contributed by atoms with Crippen molar-refractivity contribution in [1.82, 2.24) is 5.43 Å². The van der Waals surface area contributed by atoms with Crippen molar-refractivity contribution < 1.29 is 9.47 Å². The molecule has 1 aliphatic heterocycles. The van der Waals surface area contributed by atoms with Crippen molar-refractivity contribution in [3.63, 3.8) is 0 Å². The second-order valence-corrected chi connectivity index (χ2v) is 3.93. The number of nitrogens with two attached hydrogens (primary N) is 1. The van der Waals surface area contributed by atoms with Crippen molar-refractivity contribution in [2.75, 3.05) is 13.2 Å². The topological polar surface area (TPSA) is 68.9 Å². The van der Waals surface area contributed by atoms with Crippen molar-refractivity contribution in [1.29, 1.82) is 0 Å². The molecular formula is C11H13N3O2S. The summed E-state index contributed by atoms with van der Waals surface area (Å²) < 4.78 is 11.1. The summed E-state index contributed by atoms with van der Waals surface area (Å²) in [6.45, 7) is 1.35. The van der Waals surface area contributed by atoms with Gasteiger partial charge in [0.1, 0.15) is 0 Å². The van der Waals surface area contributed by atoms with E-state index in [4.69, 9.17) is 15.2 Å². The lowest BCUT2D eigenvalue weighted by Crippen LogP contribution is -2.23. The van der Waals surface area contributed by atoms with Crippen LogP contribution in [0.25, 0.3) is 0 Å². The van der Waals surface area contributed by atoms with Crippen LogP contribution in [0.1, 0.15) is 12.0 Å².